The standard InChI is InChI=1S/C15H11F2N3O2S/c1-10-4-5-11(9-19-10)23(21,22)20-8-6-13(16)14(20)12-3-2-7-18-15(12)17/h2-9H,1H3. The second-order valence-electron chi connectivity index (χ2n) is 4.79. The fraction of sp³-hybridized carbons (Fsp3) is 0.0667. The van der Waals surface area contributed by atoms with E-state index < -0.39 is 27.5 Å². The van der Waals surface area contributed by atoms with Crippen molar-refractivity contribution >= 4 is 10.0 Å². The molecule has 3 rings (SSSR count). The van der Waals surface area contributed by atoms with Gasteiger partial charge in [-0.3, -0.25) is 4.98 Å². The summed E-state index contributed by atoms with van der Waals surface area (Å²) in [6.07, 6.45) is 3.40. The summed E-state index contributed by atoms with van der Waals surface area (Å²) in [4.78, 5) is 7.23. The number of pyridine rings is 2. The lowest BCUT2D eigenvalue weighted by Crippen LogP contribution is -2.14. The van der Waals surface area contributed by atoms with E-state index in [0.717, 1.165) is 12.3 Å². The van der Waals surface area contributed by atoms with Gasteiger partial charge in [0.05, 0.1) is 5.56 Å². The molecule has 0 unspecified atom stereocenters. The van der Waals surface area contributed by atoms with Crippen LogP contribution in [0.2, 0.25) is 0 Å². The average molecular weight is 335 g/mol. The van der Waals surface area contributed by atoms with Crippen molar-refractivity contribution in [1.29, 1.82) is 0 Å². The van der Waals surface area contributed by atoms with Crippen LogP contribution in [-0.2, 0) is 10.0 Å². The van der Waals surface area contributed by atoms with Crippen molar-refractivity contribution in [3.8, 4) is 11.3 Å². The number of aromatic nitrogens is 3. The van der Waals surface area contributed by atoms with Gasteiger partial charge >= 0.3 is 0 Å². The van der Waals surface area contributed by atoms with Gasteiger partial charge < -0.3 is 0 Å². The molecule has 0 bridgehead atoms. The quantitative estimate of drug-likeness (QED) is 0.691. The summed E-state index contributed by atoms with van der Waals surface area (Å²) < 4.78 is 54.0. The molecule has 0 fully saturated rings. The zero-order valence-electron chi connectivity index (χ0n) is 11.9. The van der Waals surface area contributed by atoms with Crippen LogP contribution in [0, 0.1) is 18.7 Å². The van der Waals surface area contributed by atoms with Crippen LogP contribution in [0.3, 0.4) is 0 Å². The monoisotopic (exact) mass is 335 g/mol. The van der Waals surface area contributed by atoms with Crippen LogP contribution in [0.4, 0.5) is 8.78 Å². The highest BCUT2D eigenvalue weighted by Crippen LogP contribution is 2.28. The molecule has 0 aliphatic carbocycles. The first-order valence-electron chi connectivity index (χ1n) is 6.57. The summed E-state index contributed by atoms with van der Waals surface area (Å²) in [5.41, 5.74) is -0.00372. The Bertz CT molecular complexity index is 967. The second kappa shape index (κ2) is 5.54. The molecule has 0 amide bonds. The highest BCUT2D eigenvalue weighted by atomic mass is 32.2. The second-order valence-corrected chi connectivity index (χ2v) is 6.61. The van der Waals surface area contributed by atoms with Gasteiger partial charge in [0, 0.05) is 24.3 Å². The maximum absolute atomic E-state index is 14.1. The van der Waals surface area contributed by atoms with Gasteiger partial charge in [-0.25, -0.2) is 21.8 Å². The van der Waals surface area contributed by atoms with E-state index in [1.54, 1.807) is 6.92 Å². The number of hydrogen-bond acceptors (Lipinski definition) is 4. The molecule has 3 aromatic rings. The van der Waals surface area contributed by atoms with Crippen molar-refractivity contribution in [2.45, 2.75) is 11.8 Å². The van der Waals surface area contributed by atoms with Crippen molar-refractivity contribution in [2.24, 2.45) is 0 Å². The summed E-state index contributed by atoms with van der Waals surface area (Å²) in [5.74, 6) is -1.82. The smallest absolute Gasteiger partial charge is 0.260 e. The molecule has 0 N–H and O–H groups in total. The molecule has 0 spiro atoms. The minimum atomic E-state index is -4.11. The molecule has 0 aliphatic rings. The molecule has 0 aliphatic heterocycles. The number of hydrogen-bond donors (Lipinski definition) is 0. The van der Waals surface area contributed by atoms with Gasteiger partial charge in [-0.1, -0.05) is 0 Å². The van der Waals surface area contributed by atoms with Crippen LogP contribution in [-0.4, -0.2) is 22.4 Å². The van der Waals surface area contributed by atoms with Crippen LogP contribution in [0.15, 0.2) is 53.8 Å². The third-order valence-corrected chi connectivity index (χ3v) is 4.92. The normalized spacial score (nSPS) is 11.6. The summed E-state index contributed by atoms with van der Waals surface area (Å²) >= 11 is 0. The van der Waals surface area contributed by atoms with Gasteiger partial charge in [0.25, 0.3) is 10.0 Å². The van der Waals surface area contributed by atoms with E-state index in [1.807, 2.05) is 0 Å². The molecule has 5 nitrogen and oxygen atoms in total. The highest BCUT2D eigenvalue weighted by Gasteiger charge is 2.25. The Hall–Kier alpha value is -2.61. The van der Waals surface area contributed by atoms with E-state index in [4.69, 9.17) is 0 Å². The first-order chi connectivity index (χ1) is 10.9. The highest BCUT2D eigenvalue weighted by molar-refractivity contribution is 7.90. The van der Waals surface area contributed by atoms with E-state index in [-0.39, 0.29) is 10.5 Å². The summed E-state index contributed by atoms with van der Waals surface area (Å²) in [5, 5.41) is 0. The van der Waals surface area contributed by atoms with Gasteiger partial charge in [-0.05, 0) is 37.3 Å². The number of aryl methyl sites for hydroxylation is 1. The van der Waals surface area contributed by atoms with E-state index in [0.29, 0.717) is 9.67 Å². The van der Waals surface area contributed by atoms with Gasteiger partial charge in [-0.15, -0.1) is 0 Å². The molecule has 0 aromatic carbocycles. The minimum absolute atomic E-state index is 0.121. The predicted octanol–water partition coefficient (Wildman–Crippen LogP) is 2.77. The van der Waals surface area contributed by atoms with Gasteiger partial charge in [0.1, 0.15) is 16.4 Å². The molecule has 23 heavy (non-hydrogen) atoms. The summed E-state index contributed by atoms with van der Waals surface area (Å²) in [7, 11) is -4.11. The van der Waals surface area contributed by atoms with Crippen molar-refractivity contribution in [2.75, 3.05) is 0 Å². The zero-order chi connectivity index (χ0) is 16.6. The van der Waals surface area contributed by atoms with Crippen molar-refractivity contribution in [1.82, 2.24) is 13.9 Å². The van der Waals surface area contributed by atoms with Crippen LogP contribution in [0.5, 0.6) is 0 Å². The van der Waals surface area contributed by atoms with E-state index in [2.05, 4.69) is 9.97 Å². The SMILES string of the molecule is Cc1ccc(S(=O)(=O)n2ccc(F)c2-c2cccnc2F)cn1. The Labute approximate surface area is 131 Å². The fourth-order valence-electron chi connectivity index (χ4n) is 2.12. The Morgan fingerprint density at radius 1 is 1.09 bits per heavy atom. The molecule has 3 heterocycles. The number of rotatable bonds is 3. The van der Waals surface area contributed by atoms with Crippen LogP contribution in [0.1, 0.15) is 5.69 Å². The van der Waals surface area contributed by atoms with Crippen LogP contribution >= 0.6 is 0 Å². The molecular weight excluding hydrogens is 324 g/mol. The molecule has 118 valence electrons. The van der Waals surface area contributed by atoms with Gasteiger partial charge in [0.2, 0.25) is 5.95 Å². The third-order valence-electron chi connectivity index (χ3n) is 3.26. The molecule has 0 saturated carbocycles. The molecule has 0 saturated heterocycles. The molecule has 0 radical (unpaired) electrons. The Balaban J connectivity index is 2.23. The lowest BCUT2D eigenvalue weighted by molar-refractivity contribution is 0.576. The van der Waals surface area contributed by atoms with Crippen molar-refractivity contribution in [3.63, 3.8) is 0 Å². The first kappa shape index (κ1) is 15.3. The maximum atomic E-state index is 14.1. The van der Waals surface area contributed by atoms with E-state index in [9.17, 15) is 17.2 Å². The van der Waals surface area contributed by atoms with Crippen LogP contribution < -0.4 is 0 Å². The van der Waals surface area contributed by atoms with Gasteiger partial charge in [0.15, 0.2) is 0 Å². The fourth-order valence-corrected chi connectivity index (χ4v) is 3.42. The van der Waals surface area contributed by atoms with E-state index in [1.165, 1.54) is 36.7 Å². The summed E-state index contributed by atoms with van der Waals surface area (Å²) in [6, 6.07) is 6.51. The lowest BCUT2D eigenvalue weighted by Gasteiger charge is -2.11. The maximum Gasteiger partial charge on any atom is 0.269 e. The zero-order valence-corrected chi connectivity index (χ0v) is 12.8. The van der Waals surface area contributed by atoms with Crippen molar-refractivity contribution < 1.29 is 17.2 Å². The predicted molar refractivity (Wildman–Crippen MR) is 79.1 cm³/mol. The van der Waals surface area contributed by atoms with Crippen molar-refractivity contribution in [3.05, 3.63) is 66.4 Å². The van der Waals surface area contributed by atoms with Gasteiger partial charge in [-0.2, -0.15) is 4.39 Å². The molecular formula is C15H11F2N3O2S. The van der Waals surface area contributed by atoms with Crippen LogP contribution in [0.25, 0.3) is 11.3 Å². The lowest BCUT2D eigenvalue weighted by atomic mass is 10.2. The topological polar surface area (TPSA) is 64.8 Å². The summed E-state index contributed by atoms with van der Waals surface area (Å²) in [6.45, 7) is 1.71. The average Bonchev–Trinajstić information content (AvgIpc) is 2.90. The molecule has 8 heteroatoms. The Morgan fingerprint density at radius 3 is 2.52 bits per heavy atom. The number of halogens is 2. The Morgan fingerprint density at radius 2 is 1.87 bits per heavy atom. The largest absolute Gasteiger partial charge is 0.269 e. The minimum Gasteiger partial charge on any atom is -0.260 e. The third kappa shape index (κ3) is 2.61. The van der Waals surface area contributed by atoms with E-state index >= 15 is 0 Å². The molecule has 3 aromatic heterocycles. The Kier molecular flexibility index (Phi) is 3.69. The number of nitrogens with zero attached hydrogens (tertiary/aromatic N) is 3. The molecule has 0 atom stereocenters. The first-order valence-corrected chi connectivity index (χ1v) is 8.01.